The minimum Gasteiger partial charge on any atom is -0.375 e. The minimum atomic E-state index is -3.20. The Balaban J connectivity index is 2.24. The largest absolute Gasteiger partial charge is 0.415 e. The van der Waals surface area contributed by atoms with Crippen LogP contribution in [-0.2, 0) is 19.4 Å². The van der Waals surface area contributed by atoms with Gasteiger partial charge in [-0.05, 0) is 0 Å². The SMILES string of the molecule is C=CS(=O)(=O)CCSC[C@@H]1NC(=O)OC1=O. The van der Waals surface area contributed by atoms with Crippen LogP contribution in [0.15, 0.2) is 12.0 Å². The molecule has 16 heavy (non-hydrogen) atoms. The molecule has 0 spiro atoms. The lowest BCUT2D eigenvalue weighted by Gasteiger charge is -2.04. The number of carbonyl (C=O) groups excluding carboxylic acids is 2. The molecule has 1 aliphatic rings. The van der Waals surface area contributed by atoms with Crippen molar-refractivity contribution in [2.75, 3.05) is 17.3 Å². The average Bonchev–Trinajstić information content (AvgIpc) is 2.52. The number of esters is 1. The number of hydrogen-bond acceptors (Lipinski definition) is 6. The maximum Gasteiger partial charge on any atom is 0.415 e. The Bertz CT molecular complexity index is 403. The van der Waals surface area contributed by atoms with Crippen molar-refractivity contribution in [1.82, 2.24) is 5.32 Å². The third kappa shape index (κ3) is 3.86. The molecule has 90 valence electrons. The van der Waals surface area contributed by atoms with E-state index in [0.29, 0.717) is 11.5 Å². The number of rotatable bonds is 6. The zero-order chi connectivity index (χ0) is 12.2. The van der Waals surface area contributed by atoms with Gasteiger partial charge in [-0.25, -0.2) is 18.0 Å². The fraction of sp³-hybridized carbons (Fsp3) is 0.500. The fourth-order valence-electron chi connectivity index (χ4n) is 0.962. The van der Waals surface area contributed by atoms with Crippen molar-refractivity contribution in [3.05, 3.63) is 12.0 Å². The van der Waals surface area contributed by atoms with E-state index >= 15 is 0 Å². The van der Waals surface area contributed by atoms with E-state index in [-0.39, 0.29) is 5.75 Å². The molecule has 1 fully saturated rings. The lowest BCUT2D eigenvalue weighted by molar-refractivity contribution is -0.134. The van der Waals surface area contributed by atoms with Crippen LogP contribution in [0.25, 0.3) is 0 Å². The van der Waals surface area contributed by atoms with Crippen molar-refractivity contribution in [1.29, 1.82) is 0 Å². The summed E-state index contributed by atoms with van der Waals surface area (Å²) in [6.07, 6.45) is -0.755. The molecule has 0 unspecified atom stereocenters. The number of ether oxygens (including phenoxy) is 1. The first-order valence-electron chi connectivity index (χ1n) is 4.40. The van der Waals surface area contributed by atoms with E-state index in [4.69, 9.17) is 0 Å². The quantitative estimate of drug-likeness (QED) is 0.410. The van der Waals surface area contributed by atoms with Crippen LogP contribution < -0.4 is 5.32 Å². The van der Waals surface area contributed by atoms with Gasteiger partial charge >= 0.3 is 12.1 Å². The van der Waals surface area contributed by atoms with Gasteiger partial charge in [0.1, 0.15) is 6.04 Å². The summed E-state index contributed by atoms with van der Waals surface area (Å²) in [4.78, 5) is 21.6. The Labute approximate surface area is 97.3 Å². The van der Waals surface area contributed by atoms with Crippen molar-refractivity contribution in [3.63, 3.8) is 0 Å². The van der Waals surface area contributed by atoms with Gasteiger partial charge in [0.15, 0.2) is 9.84 Å². The molecule has 0 aromatic heterocycles. The zero-order valence-corrected chi connectivity index (χ0v) is 9.97. The predicted molar refractivity (Wildman–Crippen MR) is 59.7 cm³/mol. The summed E-state index contributed by atoms with van der Waals surface area (Å²) in [6.45, 7) is 3.18. The van der Waals surface area contributed by atoms with Crippen LogP contribution in [0.2, 0.25) is 0 Å². The molecular weight excluding hydrogens is 254 g/mol. The smallest absolute Gasteiger partial charge is 0.375 e. The van der Waals surface area contributed by atoms with E-state index in [2.05, 4.69) is 16.6 Å². The molecule has 0 aromatic carbocycles. The van der Waals surface area contributed by atoms with E-state index in [9.17, 15) is 18.0 Å². The fourth-order valence-corrected chi connectivity index (χ4v) is 3.15. The normalized spacial score (nSPS) is 20.4. The summed E-state index contributed by atoms with van der Waals surface area (Å²) < 4.78 is 26.3. The number of alkyl carbamates (subject to hydrolysis) is 1. The molecule has 0 aliphatic carbocycles. The maximum atomic E-state index is 11.0. The van der Waals surface area contributed by atoms with Crippen molar-refractivity contribution < 1.29 is 22.7 Å². The molecule has 1 saturated heterocycles. The summed E-state index contributed by atoms with van der Waals surface area (Å²) in [5.74, 6) is -0.00801. The van der Waals surface area contributed by atoms with E-state index in [1.807, 2.05) is 0 Å². The van der Waals surface area contributed by atoms with Gasteiger partial charge < -0.3 is 10.1 Å². The Morgan fingerprint density at radius 1 is 1.50 bits per heavy atom. The molecule has 1 heterocycles. The second-order valence-electron chi connectivity index (χ2n) is 3.01. The Morgan fingerprint density at radius 3 is 2.69 bits per heavy atom. The summed E-state index contributed by atoms with van der Waals surface area (Å²) in [5.41, 5.74) is 0. The molecule has 8 heteroatoms. The van der Waals surface area contributed by atoms with E-state index in [1.165, 1.54) is 11.8 Å². The first kappa shape index (κ1) is 13.0. The van der Waals surface area contributed by atoms with Gasteiger partial charge in [-0.3, -0.25) is 0 Å². The first-order valence-corrected chi connectivity index (χ1v) is 7.27. The van der Waals surface area contributed by atoms with E-state index in [1.54, 1.807) is 0 Å². The van der Waals surface area contributed by atoms with E-state index in [0.717, 1.165) is 5.41 Å². The van der Waals surface area contributed by atoms with Gasteiger partial charge in [-0.1, -0.05) is 6.58 Å². The van der Waals surface area contributed by atoms with Crippen molar-refractivity contribution >= 4 is 33.7 Å². The third-order valence-corrected chi connectivity index (χ3v) is 4.42. The first-order chi connectivity index (χ1) is 7.44. The van der Waals surface area contributed by atoms with Gasteiger partial charge in [0, 0.05) is 16.9 Å². The molecule has 1 amide bonds. The molecule has 1 aliphatic heterocycles. The van der Waals surface area contributed by atoms with Crippen LogP contribution in [0.5, 0.6) is 0 Å². The standard InChI is InChI=1S/C8H11NO5S2/c1-2-16(12,13)4-3-15-5-6-7(10)14-8(11)9-6/h2,6H,1,3-5H2,(H,9,11)/t6-/m0/s1. The second kappa shape index (κ2) is 5.35. The molecule has 1 atom stereocenters. The van der Waals surface area contributed by atoms with Crippen LogP contribution in [0.1, 0.15) is 0 Å². The van der Waals surface area contributed by atoms with Gasteiger partial charge in [0.2, 0.25) is 0 Å². The molecule has 0 bridgehead atoms. The molecular formula is C8H11NO5S2. The highest BCUT2D eigenvalue weighted by atomic mass is 32.2. The topological polar surface area (TPSA) is 89.5 Å². The second-order valence-corrected chi connectivity index (χ2v) is 6.23. The molecule has 0 radical (unpaired) electrons. The number of nitrogens with one attached hydrogen (secondary N) is 1. The number of carbonyl (C=O) groups is 2. The lowest BCUT2D eigenvalue weighted by Crippen LogP contribution is -2.31. The van der Waals surface area contributed by atoms with Gasteiger partial charge in [-0.2, -0.15) is 11.8 Å². The van der Waals surface area contributed by atoms with Gasteiger partial charge in [0.25, 0.3) is 0 Å². The third-order valence-electron chi connectivity index (χ3n) is 1.82. The average molecular weight is 265 g/mol. The monoisotopic (exact) mass is 265 g/mol. The summed E-state index contributed by atoms with van der Waals surface area (Å²) in [5, 5.41) is 3.22. The Morgan fingerprint density at radius 2 is 2.19 bits per heavy atom. The predicted octanol–water partition coefficient (Wildman–Crippen LogP) is -0.0871. The van der Waals surface area contributed by atoms with Crippen LogP contribution >= 0.6 is 11.8 Å². The highest BCUT2D eigenvalue weighted by Gasteiger charge is 2.31. The Hall–Kier alpha value is -1.02. The van der Waals surface area contributed by atoms with Crippen molar-refractivity contribution in [3.8, 4) is 0 Å². The summed E-state index contributed by atoms with van der Waals surface area (Å²) in [7, 11) is -3.20. The number of hydrogen-bond donors (Lipinski definition) is 1. The Kier molecular flexibility index (Phi) is 4.36. The van der Waals surface area contributed by atoms with Crippen molar-refractivity contribution in [2.24, 2.45) is 0 Å². The number of sulfone groups is 1. The summed E-state index contributed by atoms with van der Waals surface area (Å²) in [6, 6.07) is -0.677. The van der Waals surface area contributed by atoms with Crippen LogP contribution in [-0.4, -0.2) is 43.8 Å². The minimum absolute atomic E-state index is 0.0309. The van der Waals surface area contributed by atoms with E-state index < -0.39 is 27.9 Å². The zero-order valence-electron chi connectivity index (χ0n) is 8.34. The highest BCUT2D eigenvalue weighted by molar-refractivity contribution is 8.01. The molecule has 1 rings (SSSR count). The highest BCUT2D eigenvalue weighted by Crippen LogP contribution is 2.09. The molecule has 0 aromatic rings. The van der Waals surface area contributed by atoms with Gasteiger partial charge in [-0.15, -0.1) is 0 Å². The number of cyclic esters (lactones) is 2. The maximum absolute atomic E-state index is 11.0. The van der Waals surface area contributed by atoms with Gasteiger partial charge in [0.05, 0.1) is 5.75 Å². The number of amides is 1. The molecule has 6 nitrogen and oxygen atoms in total. The lowest BCUT2D eigenvalue weighted by atomic mass is 10.4. The number of thioether (sulfide) groups is 1. The van der Waals surface area contributed by atoms with Crippen LogP contribution in [0, 0.1) is 0 Å². The molecule has 0 saturated carbocycles. The molecule has 1 N–H and O–H groups in total. The van der Waals surface area contributed by atoms with Crippen LogP contribution in [0.4, 0.5) is 4.79 Å². The van der Waals surface area contributed by atoms with Crippen molar-refractivity contribution in [2.45, 2.75) is 6.04 Å². The van der Waals surface area contributed by atoms with Crippen LogP contribution in [0.3, 0.4) is 0 Å². The summed E-state index contributed by atoms with van der Waals surface area (Å²) >= 11 is 1.26.